The molecule has 0 aliphatic carbocycles. The molecule has 0 aromatic rings. The van der Waals surface area contributed by atoms with Gasteiger partial charge in [0.25, 0.3) is 0 Å². The maximum absolute atomic E-state index is 12.3. The highest BCUT2D eigenvalue weighted by Gasteiger charge is 2.44. The number of piperidine rings is 1. The van der Waals surface area contributed by atoms with Gasteiger partial charge >= 0.3 is 10.4 Å². The fraction of sp³-hybridized carbons (Fsp3) is 0.800. The number of nitrogens with one attached hydrogen (secondary N) is 1. The van der Waals surface area contributed by atoms with Crippen molar-refractivity contribution in [2.45, 2.75) is 24.4 Å². The van der Waals surface area contributed by atoms with Gasteiger partial charge in [-0.15, -0.1) is 0 Å². The van der Waals surface area contributed by atoms with Gasteiger partial charge in [-0.05, 0) is 0 Å². The lowest BCUT2D eigenvalue weighted by Crippen LogP contribution is -2.65. The van der Waals surface area contributed by atoms with E-state index in [1.54, 1.807) is 0 Å². The number of likely N-dealkylation sites (tertiary alicyclic amines) is 1. The predicted octanol–water partition coefficient (Wildman–Crippen LogP) is -4.44. The minimum Gasteiger partial charge on any atom is -0.394 e. The van der Waals surface area contributed by atoms with E-state index in [4.69, 9.17) is 5.41 Å². The fourth-order valence-electron chi connectivity index (χ4n) is 2.33. The number of hydrogen-bond acceptors (Lipinski definition) is 10. The van der Waals surface area contributed by atoms with Crippen LogP contribution in [0.25, 0.3) is 0 Å². The summed E-state index contributed by atoms with van der Waals surface area (Å²) in [6.07, 6.45) is -4.45. The van der Waals surface area contributed by atoms with Crippen LogP contribution in [0.3, 0.4) is 0 Å². The van der Waals surface area contributed by atoms with E-state index in [-0.39, 0.29) is 11.8 Å². The van der Waals surface area contributed by atoms with E-state index in [1.807, 2.05) is 0 Å². The molecule has 1 unspecified atom stereocenters. The van der Waals surface area contributed by atoms with Crippen molar-refractivity contribution in [1.82, 2.24) is 15.0 Å². The molecule has 0 spiro atoms. The second kappa shape index (κ2) is 6.75. The number of rotatable bonds is 3. The first-order chi connectivity index (χ1) is 11.1. The van der Waals surface area contributed by atoms with E-state index in [2.05, 4.69) is 8.57 Å². The van der Waals surface area contributed by atoms with Crippen molar-refractivity contribution < 1.29 is 42.2 Å². The largest absolute Gasteiger partial charge is 0.446 e. The summed E-state index contributed by atoms with van der Waals surface area (Å²) in [6, 6.07) is -1.13. The number of amides is 1. The smallest absolute Gasteiger partial charge is 0.394 e. The van der Waals surface area contributed by atoms with Crippen molar-refractivity contribution in [1.29, 1.82) is 5.41 Å². The maximum Gasteiger partial charge on any atom is 0.446 e. The van der Waals surface area contributed by atoms with Crippen LogP contribution in [0.1, 0.15) is 0 Å². The van der Waals surface area contributed by atoms with Crippen LogP contribution in [0.2, 0.25) is 0 Å². The van der Waals surface area contributed by atoms with Gasteiger partial charge in [-0.1, -0.05) is 13.8 Å². The molecule has 2 rings (SSSR count). The van der Waals surface area contributed by atoms with Crippen molar-refractivity contribution in [3.05, 3.63) is 0 Å². The minimum absolute atomic E-state index is 0.274. The van der Waals surface area contributed by atoms with Crippen LogP contribution in [-0.2, 0) is 23.8 Å². The number of hydrogen-bond donors (Lipinski definition) is 5. The summed E-state index contributed by atoms with van der Waals surface area (Å²) in [5.74, 6) is -1.27. The van der Waals surface area contributed by atoms with E-state index in [0.717, 1.165) is 9.80 Å². The summed E-state index contributed by atoms with van der Waals surface area (Å²) in [5, 5.41) is 46.3. The summed E-state index contributed by atoms with van der Waals surface area (Å²) in [7, 11) is -2.88. The summed E-state index contributed by atoms with van der Waals surface area (Å²) in [5.41, 5.74) is 0. The van der Waals surface area contributed by atoms with Gasteiger partial charge in [0, 0.05) is 13.6 Å². The molecular weight excluding hydrogens is 352 g/mol. The molecular formula is C10H18N4O9S. The Morgan fingerprint density at radius 1 is 1.29 bits per heavy atom. The minimum atomic E-state index is -4.16. The molecule has 0 radical (unpaired) electrons. The number of carbonyl (C=O) groups excluding carboxylic acids is 1. The van der Waals surface area contributed by atoms with Gasteiger partial charge < -0.3 is 30.2 Å². The van der Waals surface area contributed by atoms with Crippen molar-refractivity contribution in [2.24, 2.45) is 0 Å². The fourth-order valence-corrected chi connectivity index (χ4v) is 2.81. The van der Waals surface area contributed by atoms with Crippen LogP contribution >= 0.6 is 0 Å². The van der Waals surface area contributed by atoms with Crippen molar-refractivity contribution in [3.63, 3.8) is 0 Å². The van der Waals surface area contributed by atoms with Gasteiger partial charge in [-0.2, -0.15) is 8.42 Å². The highest BCUT2D eigenvalue weighted by Crippen LogP contribution is 2.20. The van der Waals surface area contributed by atoms with Gasteiger partial charge in [-0.3, -0.25) is 10.2 Å². The van der Waals surface area contributed by atoms with Crippen LogP contribution in [-0.4, -0.2) is 107 Å². The van der Waals surface area contributed by atoms with Gasteiger partial charge in [0.2, 0.25) is 11.9 Å². The molecule has 2 aliphatic rings. The highest BCUT2D eigenvalue weighted by molar-refractivity contribution is 7.82. The zero-order chi connectivity index (χ0) is 18.2. The average Bonchev–Trinajstić information content (AvgIpc) is 2.48. The molecule has 2 heterocycles. The van der Waals surface area contributed by atoms with Crippen LogP contribution in [0.5, 0.6) is 0 Å². The average molecular weight is 370 g/mol. The molecule has 0 aromatic heterocycles. The second-order valence-electron chi connectivity index (χ2n) is 5.34. The molecule has 24 heavy (non-hydrogen) atoms. The number of likely N-dealkylation sites (N-methyl/N-ethyl adjacent to an activating group) is 1. The Hall–Kier alpha value is -1.55. The van der Waals surface area contributed by atoms with Crippen molar-refractivity contribution >= 4 is 22.3 Å². The first kappa shape index (κ1) is 18.8. The third-order valence-corrected chi connectivity index (χ3v) is 4.29. The van der Waals surface area contributed by atoms with E-state index in [1.165, 1.54) is 7.05 Å². The third kappa shape index (κ3) is 3.59. The summed E-state index contributed by atoms with van der Waals surface area (Å²) < 4.78 is 29.7. The van der Waals surface area contributed by atoms with Gasteiger partial charge in [-0.25, -0.2) is 0 Å². The summed E-state index contributed by atoms with van der Waals surface area (Å²) in [4.78, 5) is 14.2. The third-order valence-electron chi connectivity index (χ3n) is 3.65. The number of aliphatic hydroxyl groups excluding tert-OH is 4. The molecule has 138 valence electrons. The SMILES string of the molecule is CN(CC(=O)N1C[C@H](O)[C@@H](O)[C@@H](O)C1CO)C(=N)N1OS(=O)(=O)O1. The molecule has 5 N–H and O–H groups in total. The molecule has 13 nitrogen and oxygen atoms in total. The molecule has 1 amide bonds. The standard InChI is InChI=1S/C10H18N4O9S/c1-12(10(11)14-22-24(20,21)23-14)3-7(17)13-2-6(16)9(19)8(18)5(13)4-15/h5-6,8-9,11,15-16,18-19H,2-4H2,1H3/t5?,6-,8-,9+/m0/s1. The lowest BCUT2D eigenvalue weighted by molar-refractivity contribution is -0.274. The van der Waals surface area contributed by atoms with E-state index in [0.29, 0.717) is 0 Å². The van der Waals surface area contributed by atoms with Crippen LogP contribution in [0.15, 0.2) is 0 Å². The molecule has 0 bridgehead atoms. The Morgan fingerprint density at radius 3 is 2.38 bits per heavy atom. The number of hydroxylamine groups is 2. The monoisotopic (exact) mass is 370 g/mol. The summed E-state index contributed by atoms with van der Waals surface area (Å²) in [6.45, 7) is -1.43. The number of nitrogens with zero attached hydrogens (tertiary/aromatic N) is 3. The molecule has 14 heteroatoms. The molecule has 0 saturated carbocycles. The molecule has 2 fully saturated rings. The second-order valence-corrected chi connectivity index (χ2v) is 6.45. The topological polar surface area (TPSA) is 184 Å². The molecule has 4 atom stereocenters. The Morgan fingerprint density at radius 2 is 1.88 bits per heavy atom. The van der Waals surface area contributed by atoms with Gasteiger partial charge in [0.1, 0.15) is 18.3 Å². The highest BCUT2D eigenvalue weighted by atomic mass is 32.3. The van der Waals surface area contributed by atoms with Gasteiger partial charge in [0.15, 0.2) is 0 Å². The summed E-state index contributed by atoms with van der Waals surface area (Å²) >= 11 is 0. The maximum atomic E-state index is 12.3. The van der Waals surface area contributed by atoms with E-state index < -0.39 is 59.8 Å². The normalized spacial score (nSPS) is 32.2. The molecule has 2 aliphatic heterocycles. The zero-order valence-electron chi connectivity index (χ0n) is 12.5. The quantitative estimate of drug-likeness (QED) is 0.238. The number of β-amino-alcohol motifs (C(OH)–C–C–N with tert-alkyl or cyclic N) is 1. The van der Waals surface area contributed by atoms with Crippen LogP contribution in [0, 0.1) is 5.41 Å². The van der Waals surface area contributed by atoms with Crippen molar-refractivity contribution in [2.75, 3.05) is 26.7 Å². The molecule has 2 saturated heterocycles. The van der Waals surface area contributed by atoms with Crippen LogP contribution in [0.4, 0.5) is 0 Å². The molecule has 0 aromatic carbocycles. The Labute approximate surface area is 136 Å². The Kier molecular flexibility index (Phi) is 5.28. The van der Waals surface area contributed by atoms with E-state index >= 15 is 0 Å². The Balaban J connectivity index is 1.98. The zero-order valence-corrected chi connectivity index (χ0v) is 13.3. The predicted molar refractivity (Wildman–Crippen MR) is 73.9 cm³/mol. The number of aliphatic hydroxyl groups is 4. The lowest BCUT2D eigenvalue weighted by Gasteiger charge is -2.43. The first-order valence-electron chi connectivity index (χ1n) is 6.76. The van der Waals surface area contributed by atoms with Crippen LogP contribution < -0.4 is 0 Å². The number of carbonyl (C=O) groups is 1. The first-order valence-corrected chi connectivity index (χ1v) is 8.09. The van der Waals surface area contributed by atoms with Gasteiger partial charge in [0.05, 0.1) is 19.2 Å². The van der Waals surface area contributed by atoms with E-state index in [9.17, 15) is 33.6 Å². The van der Waals surface area contributed by atoms with Crippen molar-refractivity contribution in [3.8, 4) is 0 Å². The lowest BCUT2D eigenvalue weighted by atomic mass is 9.94. The Bertz CT molecular complexity index is 601. The number of guanidine groups is 1.